The van der Waals surface area contributed by atoms with Crippen LogP contribution in [0.15, 0.2) is 0 Å². The Kier molecular flexibility index (Phi) is 7.04. The van der Waals surface area contributed by atoms with Crippen molar-refractivity contribution in [3.05, 3.63) is 0 Å². The van der Waals surface area contributed by atoms with Crippen LogP contribution in [0.25, 0.3) is 0 Å². The van der Waals surface area contributed by atoms with E-state index in [0.717, 1.165) is 25.7 Å². The van der Waals surface area contributed by atoms with Crippen LogP contribution in [0.3, 0.4) is 0 Å². The molecule has 0 radical (unpaired) electrons. The van der Waals surface area contributed by atoms with Gasteiger partial charge in [-0.2, -0.15) is 0 Å². The molecule has 1 aliphatic carbocycles. The largest absolute Gasteiger partial charge is 0.481 e. The topological polar surface area (TPSA) is 92.7 Å². The highest BCUT2D eigenvalue weighted by Crippen LogP contribution is 2.27. The molecule has 0 saturated heterocycles. The second-order valence-corrected chi connectivity index (χ2v) is 5.12. The van der Waals surface area contributed by atoms with Crippen LogP contribution in [-0.2, 0) is 19.1 Å². The lowest BCUT2D eigenvalue weighted by Gasteiger charge is -2.31. The number of carbonyl (C=O) groups excluding carboxylic acids is 2. The van der Waals surface area contributed by atoms with E-state index in [1.807, 2.05) is 0 Å². The molecule has 0 bridgehead atoms. The fraction of sp³-hybridized carbons (Fsp3) is 0.786. The van der Waals surface area contributed by atoms with Gasteiger partial charge in [-0.25, -0.2) is 0 Å². The number of aliphatic carboxylic acids is 1. The Balaban J connectivity index is 2.37. The molecule has 1 aliphatic rings. The van der Waals surface area contributed by atoms with Gasteiger partial charge in [0.2, 0.25) is 5.91 Å². The van der Waals surface area contributed by atoms with Crippen LogP contribution in [0.2, 0.25) is 0 Å². The van der Waals surface area contributed by atoms with Crippen LogP contribution in [0.4, 0.5) is 0 Å². The number of nitrogens with one attached hydrogen (secondary N) is 1. The predicted molar refractivity (Wildman–Crippen MR) is 72.0 cm³/mol. The molecule has 0 aromatic heterocycles. The highest BCUT2D eigenvalue weighted by molar-refractivity contribution is 5.81. The molecule has 20 heavy (non-hydrogen) atoms. The van der Waals surface area contributed by atoms with Gasteiger partial charge in [0.25, 0.3) is 0 Å². The maximum absolute atomic E-state index is 11.8. The first-order chi connectivity index (χ1) is 9.52. The van der Waals surface area contributed by atoms with E-state index in [-0.39, 0.29) is 43.1 Å². The molecule has 0 aromatic carbocycles. The lowest BCUT2D eigenvalue weighted by molar-refractivity contribution is -0.144. The zero-order valence-corrected chi connectivity index (χ0v) is 11.9. The summed E-state index contributed by atoms with van der Waals surface area (Å²) in [7, 11) is 0. The van der Waals surface area contributed by atoms with E-state index < -0.39 is 5.97 Å². The molecular formula is C14H23NO5. The van der Waals surface area contributed by atoms with E-state index in [0.29, 0.717) is 6.61 Å². The predicted octanol–water partition coefficient (Wildman–Crippen LogP) is 1.48. The molecule has 2 atom stereocenters. The average molecular weight is 285 g/mol. The minimum absolute atomic E-state index is 0.00667. The molecular weight excluding hydrogens is 262 g/mol. The Hall–Kier alpha value is -1.59. The SMILES string of the molecule is CCOC(=O)CCC(=O)N[C@H]1CCCC[C@H]1CC(=O)O. The van der Waals surface area contributed by atoms with Crippen molar-refractivity contribution in [3.63, 3.8) is 0 Å². The van der Waals surface area contributed by atoms with Crippen molar-refractivity contribution in [1.29, 1.82) is 0 Å². The van der Waals surface area contributed by atoms with Crippen molar-refractivity contribution in [3.8, 4) is 0 Å². The Bertz CT molecular complexity index is 355. The number of carboxylic acid groups (broad SMARTS) is 1. The van der Waals surface area contributed by atoms with Gasteiger partial charge in [0.05, 0.1) is 19.4 Å². The zero-order valence-electron chi connectivity index (χ0n) is 11.9. The van der Waals surface area contributed by atoms with Crippen LogP contribution in [0.1, 0.15) is 51.9 Å². The lowest BCUT2D eigenvalue weighted by Crippen LogP contribution is -2.42. The molecule has 0 aliphatic heterocycles. The zero-order chi connectivity index (χ0) is 15.0. The van der Waals surface area contributed by atoms with Crippen molar-refractivity contribution < 1.29 is 24.2 Å². The van der Waals surface area contributed by atoms with E-state index in [1.165, 1.54) is 0 Å². The number of carbonyl (C=O) groups is 3. The van der Waals surface area contributed by atoms with Crippen LogP contribution < -0.4 is 5.32 Å². The first kappa shape index (κ1) is 16.5. The van der Waals surface area contributed by atoms with Crippen LogP contribution in [-0.4, -0.2) is 35.6 Å². The number of amides is 1. The maximum Gasteiger partial charge on any atom is 0.306 e. The molecule has 6 nitrogen and oxygen atoms in total. The number of carboxylic acids is 1. The van der Waals surface area contributed by atoms with Crippen molar-refractivity contribution in [1.82, 2.24) is 5.32 Å². The molecule has 1 saturated carbocycles. The second-order valence-electron chi connectivity index (χ2n) is 5.12. The Morgan fingerprint density at radius 2 is 1.90 bits per heavy atom. The van der Waals surface area contributed by atoms with Gasteiger partial charge in [0, 0.05) is 12.5 Å². The molecule has 0 spiro atoms. The number of hydrogen-bond donors (Lipinski definition) is 2. The summed E-state index contributed by atoms with van der Waals surface area (Å²) in [5.74, 6) is -1.43. The first-order valence-corrected chi connectivity index (χ1v) is 7.19. The molecule has 0 heterocycles. The number of rotatable bonds is 7. The monoisotopic (exact) mass is 285 g/mol. The van der Waals surface area contributed by atoms with Gasteiger partial charge in [0.15, 0.2) is 0 Å². The van der Waals surface area contributed by atoms with Crippen LogP contribution in [0, 0.1) is 5.92 Å². The second kappa shape index (κ2) is 8.55. The molecule has 2 N–H and O–H groups in total. The first-order valence-electron chi connectivity index (χ1n) is 7.19. The number of esters is 1. The van der Waals surface area contributed by atoms with E-state index in [4.69, 9.17) is 9.84 Å². The molecule has 114 valence electrons. The van der Waals surface area contributed by atoms with E-state index in [9.17, 15) is 14.4 Å². The highest BCUT2D eigenvalue weighted by atomic mass is 16.5. The van der Waals surface area contributed by atoms with Gasteiger partial charge in [-0.15, -0.1) is 0 Å². The summed E-state index contributed by atoms with van der Waals surface area (Å²) in [6.45, 7) is 2.03. The summed E-state index contributed by atoms with van der Waals surface area (Å²) in [4.78, 5) is 33.8. The van der Waals surface area contributed by atoms with Gasteiger partial charge >= 0.3 is 11.9 Å². The third-order valence-corrected chi connectivity index (χ3v) is 3.55. The average Bonchev–Trinajstić information content (AvgIpc) is 2.38. The van der Waals surface area contributed by atoms with Gasteiger partial charge in [0.1, 0.15) is 0 Å². The molecule has 6 heteroatoms. The van der Waals surface area contributed by atoms with E-state index in [1.54, 1.807) is 6.92 Å². The third kappa shape index (κ3) is 6.04. The van der Waals surface area contributed by atoms with Gasteiger partial charge < -0.3 is 15.2 Å². The Labute approximate surface area is 118 Å². The molecule has 1 fully saturated rings. The fourth-order valence-electron chi connectivity index (χ4n) is 2.59. The fourth-order valence-corrected chi connectivity index (χ4v) is 2.59. The molecule has 1 rings (SSSR count). The van der Waals surface area contributed by atoms with Crippen molar-refractivity contribution >= 4 is 17.8 Å². The number of hydrogen-bond acceptors (Lipinski definition) is 4. The normalized spacial score (nSPS) is 22.1. The summed E-state index contributed by atoms with van der Waals surface area (Å²) in [5, 5.41) is 11.7. The van der Waals surface area contributed by atoms with Gasteiger partial charge in [-0.05, 0) is 25.7 Å². The summed E-state index contributed by atoms with van der Waals surface area (Å²) < 4.78 is 4.76. The maximum atomic E-state index is 11.8. The van der Waals surface area contributed by atoms with E-state index in [2.05, 4.69) is 5.32 Å². The highest BCUT2D eigenvalue weighted by Gasteiger charge is 2.28. The number of ether oxygens (including phenoxy) is 1. The Morgan fingerprint density at radius 1 is 1.20 bits per heavy atom. The quantitative estimate of drug-likeness (QED) is 0.691. The molecule has 1 amide bonds. The summed E-state index contributed by atoms with van der Waals surface area (Å²) >= 11 is 0. The van der Waals surface area contributed by atoms with Crippen molar-refractivity contribution in [2.75, 3.05) is 6.61 Å². The molecule has 0 aromatic rings. The molecule has 0 unspecified atom stereocenters. The van der Waals surface area contributed by atoms with Crippen molar-refractivity contribution in [2.45, 2.75) is 57.9 Å². The summed E-state index contributed by atoms with van der Waals surface area (Å²) in [6, 6.07) is -0.0884. The summed E-state index contributed by atoms with van der Waals surface area (Å²) in [6.07, 6.45) is 3.89. The third-order valence-electron chi connectivity index (χ3n) is 3.55. The minimum Gasteiger partial charge on any atom is -0.481 e. The summed E-state index contributed by atoms with van der Waals surface area (Å²) in [5.41, 5.74) is 0. The lowest BCUT2D eigenvalue weighted by atomic mass is 9.82. The van der Waals surface area contributed by atoms with Gasteiger partial charge in [-0.3, -0.25) is 14.4 Å². The van der Waals surface area contributed by atoms with Crippen LogP contribution in [0.5, 0.6) is 0 Å². The van der Waals surface area contributed by atoms with Crippen molar-refractivity contribution in [2.24, 2.45) is 5.92 Å². The minimum atomic E-state index is -0.831. The standard InChI is InChI=1S/C14H23NO5/c1-2-20-14(19)8-7-12(16)15-11-6-4-3-5-10(11)9-13(17)18/h10-11H,2-9H2,1H3,(H,15,16)(H,17,18)/t10-,11-/m0/s1. The van der Waals surface area contributed by atoms with Crippen LogP contribution >= 0.6 is 0 Å². The van der Waals surface area contributed by atoms with Gasteiger partial charge in [-0.1, -0.05) is 12.8 Å². The smallest absolute Gasteiger partial charge is 0.306 e. The van der Waals surface area contributed by atoms with E-state index >= 15 is 0 Å². The Morgan fingerprint density at radius 3 is 2.55 bits per heavy atom.